The molecule has 3 rings (SSSR count). The second-order valence-electron chi connectivity index (χ2n) is 10.6. The Labute approximate surface area is 198 Å². The first-order valence-corrected chi connectivity index (χ1v) is 12.4. The molecule has 1 aromatic heterocycles. The van der Waals surface area contributed by atoms with Gasteiger partial charge in [0, 0.05) is 32.2 Å². The molecule has 1 N–H and O–H groups in total. The van der Waals surface area contributed by atoms with Crippen LogP contribution in [0.3, 0.4) is 0 Å². The summed E-state index contributed by atoms with van der Waals surface area (Å²) >= 11 is 0. The second-order valence-corrected chi connectivity index (χ2v) is 10.6. The molecule has 0 bridgehead atoms. The van der Waals surface area contributed by atoms with Gasteiger partial charge in [-0.25, -0.2) is 9.59 Å². The van der Waals surface area contributed by atoms with Gasteiger partial charge in [0.05, 0.1) is 12.3 Å². The first-order valence-electron chi connectivity index (χ1n) is 12.4. The van der Waals surface area contributed by atoms with E-state index in [1.54, 1.807) is 11.2 Å². The van der Waals surface area contributed by atoms with Crippen molar-refractivity contribution in [3.8, 4) is 0 Å². The lowest BCUT2D eigenvalue weighted by atomic mass is 9.97. The van der Waals surface area contributed by atoms with Crippen molar-refractivity contribution in [2.45, 2.75) is 78.0 Å². The van der Waals surface area contributed by atoms with Crippen molar-refractivity contribution in [3.05, 3.63) is 24.2 Å². The molecule has 0 spiro atoms. The van der Waals surface area contributed by atoms with E-state index in [0.29, 0.717) is 19.6 Å². The van der Waals surface area contributed by atoms with Crippen molar-refractivity contribution in [2.24, 2.45) is 5.92 Å². The molecule has 3 heterocycles. The third kappa shape index (κ3) is 7.39. The maximum absolute atomic E-state index is 13.0. The van der Waals surface area contributed by atoms with Gasteiger partial charge in [-0.2, -0.15) is 0 Å². The fraction of sp³-hybridized carbons (Fsp3) is 0.760. The molecule has 33 heavy (non-hydrogen) atoms. The van der Waals surface area contributed by atoms with Crippen molar-refractivity contribution >= 4 is 12.1 Å². The molecule has 1 aromatic rings. The zero-order valence-corrected chi connectivity index (χ0v) is 21.0. The van der Waals surface area contributed by atoms with Crippen LogP contribution >= 0.6 is 0 Å². The second kappa shape index (κ2) is 11.3. The van der Waals surface area contributed by atoms with Gasteiger partial charge in [-0.3, -0.25) is 4.90 Å². The van der Waals surface area contributed by atoms with Gasteiger partial charge in [-0.05, 0) is 91.4 Å². The predicted octanol–water partition coefficient (Wildman–Crippen LogP) is 4.48. The molecule has 0 aliphatic carbocycles. The van der Waals surface area contributed by atoms with Crippen LogP contribution in [-0.4, -0.2) is 77.7 Å². The highest BCUT2D eigenvalue weighted by molar-refractivity contribution is 5.74. The van der Waals surface area contributed by atoms with Gasteiger partial charge in [0.25, 0.3) is 0 Å². The minimum absolute atomic E-state index is 0.0381. The lowest BCUT2D eigenvalue weighted by molar-refractivity contribution is 0.0131. The highest BCUT2D eigenvalue weighted by Crippen LogP contribution is 2.25. The van der Waals surface area contributed by atoms with Crippen LogP contribution in [0.2, 0.25) is 0 Å². The summed E-state index contributed by atoms with van der Waals surface area (Å²) in [6.45, 7) is 14.2. The number of piperidine rings is 1. The Morgan fingerprint density at radius 2 is 1.94 bits per heavy atom. The van der Waals surface area contributed by atoms with E-state index in [9.17, 15) is 9.59 Å². The van der Waals surface area contributed by atoms with E-state index in [-0.39, 0.29) is 30.1 Å². The van der Waals surface area contributed by atoms with E-state index in [2.05, 4.69) is 10.2 Å². The quantitative estimate of drug-likeness (QED) is 0.646. The van der Waals surface area contributed by atoms with E-state index < -0.39 is 5.60 Å². The first-order chi connectivity index (χ1) is 15.6. The van der Waals surface area contributed by atoms with Gasteiger partial charge >= 0.3 is 12.1 Å². The molecule has 186 valence electrons. The zero-order chi connectivity index (χ0) is 24.0. The normalized spacial score (nSPS) is 20.7. The van der Waals surface area contributed by atoms with E-state index in [1.807, 2.05) is 51.7 Å². The lowest BCUT2D eigenvalue weighted by Gasteiger charge is -2.37. The summed E-state index contributed by atoms with van der Waals surface area (Å²) in [4.78, 5) is 31.8. The van der Waals surface area contributed by atoms with Crippen LogP contribution in [0.25, 0.3) is 0 Å². The highest BCUT2D eigenvalue weighted by Gasteiger charge is 2.31. The van der Waals surface area contributed by atoms with Gasteiger partial charge in [0.2, 0.25) is 0 Å². The number of hydrogen-bond donors (Lipinski definition) is 1. The van der Waals surface area contributed by atoms with Crippen LogP contribution in [0.1, 0.15) is 72.1 Å². The topological polar surface area (TPSA) is 78.3 Å². The standard InChI is InChI=1S/C25H42N4O4/c1-19(2)29(24(31)33-25(3,4)5)18-20-10-8-14-28(17-20)23(30)26-16-21(22-11-9-15-32-22)27-12-6-7-13-27/h9,11,15,19-21H,6-8,10,12-14,16-18H2,1-5H3,(H,26,30). The monoisotopic (exact) mass is 462 g/mol. The van der Waals surface area contributed by atoms with Crippen LogP contribution in [0.15, 0.2) is 22.8 Å². The molecule has 2 fully saturated rings. The molecule has 0 saturated carbocycles. The van der Waals surface area contributed by atoms with Crippen molar-refractivity contribution in [3.63, 3.8) is 0 Å². The number of carbonyl (C=O) groups excluding carboxylic acids is 2. The van der Waals surface area contributed by atoms with Crippen LogP contribution < -0.4 is 5.32 Å². The van der Waals surface area contributed by atoms with Crippen molar-refractivity contribution in [2.75, 3.05) is 39.3 Å². The van der Waals surface area contributed by atoms with E-state index in [1.165, 1.54) is 12.8 Å². The molecular formula is C25H42N4O4. The van der Waals surface area contributed by atoms with Crippen LogP contribution in [0, 0.1) is 5.92 Å². The molecule has 2 atom stereocenters. The van der Waals surface area contributed by atoms with Crippen molar-refractivity contribution in [1.82, 2.24) is 20.0 Å². The van der Waals surface area contributed by atoms with Gasteiger partial charge < -0.3 is 24.3 Å². The molecule has 0 aromatic carbocycles. The SMILES string of the molecule is CC(C)N(CC1CCCN(C(=O)NCC(c2ccco2)N2CCCC2)C1)C(=O)OC(C)(C)C. The van der Waals surface area contributed by atoms with Crippen molar-refractivity contribution in [1.29, 1.82) is 0 Å². The molecule has 2 saturated heterocycles. The number of rotatable bonds is 7. The molecule has 8 nitrogen and oxygen atoms in total. The number of urea groups is 1. The zero-order valence-electron chi connectivity index (χ0n) is 21.0. The van der Waals surface area contributed by atoms with Crippen LogP contribution in [0.4, 0.5) is 9.59 Å². The molecule has 2 aliphatic rings. The van der Waals surface area contributed by atoms with Gasteiger partial charge in [0.15, 0.2) is 0 Å². The Balaban J connectivity index is 1.55. The molecule has 2 unspecified atom stereocenters. The summed E-state index contributed by atoms with van der Waals surface area (Å²) in [6.07, 6.45) is 5.71. The number of ether oxygens (including phenoxy) is 1. The summed E-state index contributed by atoms with van der Waals surface area (Å²) in [5.41, 5.74) is -0.525. The fourth-order valence-corrected chi connectivity index (χ4v) is 4.73. The molecule has 0 radical (unpaired) electrons. The third-order valence-electron chi connectivity index (χ3n) is 6.41. The summed E-state index contributed by atoms with van der Waals surface area (Å²) in [5.74, 6) is 1.14. The summed E-state index contributed by atoms with van der Waals surface area (Å²) in [6, 6.07) is 3.96. The first kappa shape index (κ1) is 25.4. The Hall–Kier alpha value is -2.22. The minimum Gasteiger partial charge on any atom is -0.468 e. The molecule has 8 heteroatoms. The number of hydrogen-bond acceptors (Lipinski definition) is 5. The third-order valence-corrected chi connectivity index (χ3v) is 6.41. The number of nitrogens with zero attached hydrogens (tertiary/aromatic N) is 3. The Kier molecular flexibility index (Phi) is 8.68. The lowest BCUT2D eigenvalue weighted by Crippen LogP contribution is -2.51. The Morgan fingerprint density at radius 1 is 1.21 bits per heavy atom. The van der Waals surface area contributed by atoms with Gasteiger partial charge in [0.1, 0.15) is 11.4 Å². The average molecular weight is 463 g/mol. The number of amides is 3. The minimum atomic E-state index is -0.525. The van der Waals surface area contributed by atoms with Crippen LogP contribution in [-0.2, 0) is 4.74 Å². The molecular weight excluding hydrogens is 420 g/mol. The van der Waals surface area contributed by atoms with Crippen molar-refractivity contribution < 1.29 is 18.7 Å². The summed E-state index contributed by atoms with van der Waals surface area (Å²) in [7, 11) is 0. The van der Waals surface area contributed by atoms with Gasteiger partial charge in [-0.15, -0.1) is 0 Å². The molecule has 2 aliphatic heterocycles. The Bertz CT molecular complexity index is 753. The Morgan fingerprint density at radius 3 is 2.55 bits per heavy atom. The number of furan rings is 1. The van der Waals surface area contributed by atoms with E-state index in [0.717, 1.165) is 38.2 Å². The maximum Gasteiger partial charge on any atom is 0.410 e. The van der Waals surface area contributed by atoms with Crippen LogP contribution in [0.5, 0.6) is 0 Å². The predicted molar refractivity (Wildman–Crippen MR) is 128 cm³/mol. The largest absolute Gasteiger partial charge is 0.468 e. The number of likely N-dealkylation sites (tertiary alicyclic amines) is 2. The number of nitrogens with one attached hydrogen (secondary N) is 1. The van der Waals surface area contributed by atoms with Gasteiger partial charge in [-0.1, -0.05) is 0 Å². The summed E-state index contributed by atoms with van der Waals surface area (Å²) < 4.78 is 11.3. The fourth-order valence-electron chi connectivity index (χ4n) is 4.73. The number of carbonyl (C=O) groups is 2. The smallest absolute Gasteiger partial charge is 0.410 e. The average Bonchev–Trinajstić information content (AvgIpc) is 3.45. The maximum atomic E-state index is 13.0. The highest BCUT2D eigenvalue weighted by atomic mass is 16.6. The van der Waals surface area contributed by atoms with E-state index >= 15 is 0 Å². The summed E-state index contributed by atoms with van der Waals surface area (Å²) in [5, 5.41) is 3.15. The molecule has 3 amide bonds. The van der Waals surface area contributed by atoms with E-state index in [4.69, 9.17) is 9.15 Å².